The molecule has 0 N–H and O–H groups in total. The topological polar surface area (TPSA) is 89.7 Å². The van der Waals surface area contributed by atoms with E-state index in [4.69, 9.17) is 0 Å². The van der Waals surface area contributed by atoms with Gasteiger partial charge in [0.15, 0.2) is 0 Å². The standard InChI is InChI=1S/C13H17N7O/c1-13(2,3)12-14-4-9-5-19(6-10(9)16-12)11(21)7-20-8-15-17-18-20/h4,8H,5-7H2,1-3H3. The first-order valence-corrected chi connectivity index (χ1v) is 6.77. The van der Waals surface area contributed by atoms with E-state index in [9.17, 15) is 4.79 Å². The van der Waals surface area contributed by atoms with Crippen molar-refractivity contribution in [1.29, 1.82) is 0 Å². The van der Waals surface area contributed by atoms with Crippen molar-refractivity contribution in [3.8, 4) is 0 Å². The number of hydrogen-bond acceptors (Lipinski definition) is 6. The summed E-state index contributed by atoms with van der Waals surface area (Å²) in [5.41, 5.74) is 1.84. The second-order valence-corrected chi connectivity index (χ2v) is 6.17. The summed E-state index contributed by atoms with van der Waals surface area (Å²) in [6.45, 7) is 7.42. The molecule has 0 bridgehead atoms. The second-order valence-electron chi connectivity index (χ2n) is 6.17. The first kappa shape index (κ1) is 13.6. The van der Waals surface area contributed by atoms with Crippen LogP contribution in [-0.4, -0.2) is 41.0 Å². The van der Waals surface area contributed by atoms with Gasteiger partial charge in [-0.25, -0.2) is 14.6 Å². The maximum atomic E-state index is 12.2. The lowest BCUT2D eigenvalue weighted by molar-refractivity contribution is -0.132. The first-order chi connectivity index (χ1) is 9.93. The number of fused-ring (bicyclic) bond motifs is 1. The number of tetrazole rings is 1. The Hall–Kier alpha value is -2.38. The fourth-order valence-electron chi connectivity index (χ4n) is 2.18. The predicted octanol–water partition coefficient (Wildman–Crippen LogP) is 0.303. The Labute approximate surface area is 122 Å². The maximum Gasteiger partial charge on any atom is 0.245 e. The van der Waals surface area contributed by atoms with Crippen LogP contribution in [0.1, 0.15) is 37.9 Å². The molecule has 0 aliphatic carbocycles. The largest absolute Gasteiger partial charge is 0.331 e. The molecule has 8 nitrogen and oxygen atoms in total. The molecule has 1 amide bonds. The molecule has 1 aliphatic heterocycles. The summed E-state index contributed by atoms with van der Waals surface area (Å²) in [5.74, 6) is 0.772. The number of aromatic nitrogens is 6. The van der Waals surface area contributed by atoms with Gasteiger partial charge in [-0.15, -0.1) is 5.10 Å². The molecule has 0 fully saturated rings. The number of rotatable bonds is 2. The monoisotopic (exact) mass is 287 g/mol. The Kier molecular flexibility index (Phi) is 3.15. The third-order valence-electron chi connectivity index (χ3n) is 3.37. The van der Waals surface area contributed by atoms with Crippen molar-refractivity contribution in [2.24, 2.45) is 0 Å². The minimum Gasteiger partial charge on any atom is -0.331 e. The molecule has 3 rings (SSSR count). The number of amides is 1. The normalized spacial score (nSPS) is 14.3. The summed E-state index contributed by atoms with van der Waals surface area (Å²) in [6, 6.07) is 0. The van der Waals surface area contributed by atoms with Crippen molar-refractivity contribution in [3.05, 3.63) is 29.6 Å². The first-order valence-electron chi connectivity index (χ1n) is 6.77. The van der Waals surface area contributed by atoms with Crippen LogP contribution in [0.3, 0.4) is 0 Å². The van der Waals surface area contributed by atoms with Crippen molar-refractivity contribution >= 4 is 5.91 Å². The summed E-state index contributed by atoms with van der Waals surface area (Å²) in [4.78, 5) is 23.0. The molecule has 0 saturated heterocycles. The van der Waals surface area contributed by atoms with Crippen LogP contribution in [0, 0.1) is 0 Å². The van der Waals surface area contributed by atoms with Gasteiger partial charge in [0.25, 0.3) is 0 Å². The average molecular weight is 287 g/mol. The van der Waals surface area contributed by atoms with Gasteiger partial charge in [0.2, 0.25) is 5.91 Å². The quantitative estimate of drug-likeness (QED) is 0.789. The van der Waals surface area contributed by atoms with Gasteiger partial charge < -0.3 is 4.90 Å². The SMILES string of the molecule is CC(C)(C)c1ncc2c(n1)CN(C(=O)Cn1cnnn1)C2. The van der Waals surface area contributed by atoms with E-state index < -0.39 is 0 Å². The zero-order chi connectivity index (χ0) is 15.0. The highest BCUT2D eigenvalue weighted by Crippen LogP contribution is 2.24. The lowest BCUT2D eigenvalue weighted by Crippen LogP contribution is -2.29. The van der Waals surface area contributed by atoms with Crippen LogP contribution < -0.4 is 0 Å². The van der Waals surface area contributed by atoms with Crippen LogP contribution in [0.2, 0.25) is 0 Å². The highest BCUT2D eigenvalue weighted by molar-refractivity contribution is 5.76. The van der Waals surface area contributed by atoms with E-state index in [-0.39, 0.29) is 17.9 Å². The molecule has 3 heterocycles. The molecule has 1 aliphatic rings. The van der Waals surface area contributed by atoms with Crippen LogP contribution in [0.15, 0.2) is 12.5 Å². The van der Waals surface area contributed by atoms with Crippen LogP contribution in [0.25, 0.3) is 0 Å². The molecule has 0 atom stereocenters. The van der Waals surface area contributed by atoms with Crippen molar-refractivity contribution in [1.82, 2.24) is 35.1 Å². The van der Waals surface area contributed by atoms with Gasteiger partial charge >= 0.3 is 0 Å². The molecule has 0 saturated carbocycles. The third kappa shape index (κ3) is 2.74. The fourth-order valence-corrected chi connectivity index (χ4v) is 2.18. The van der Waals surface area contributed by atoms with Crippen LogP contribution in [-0.2, 0) is 29.8 Å². The van der Waals surface area contributed by atoms with Crippen LogP contribution >= 0.6 is 0 Å². The number of hydrogen-bond donors (Lipinski definition) is 0. The highest BCUT2D eigenvalue weighted by Gasteiger charge is 2.27. The Morgan fingerprint density at radius 1 is 1.33 bits per heavy atom. The molecule has 0 unspecified atom stereocenters. The predicted molar refractivity (Wildman–Crippen MR) is 72.8 cm³/mol. The minimum absolute atomic E-state index is 0.0300. The molecule has 8 heteroatoms. The van der Waals surface area contributed by atoms with E-state index in [1.807, 2.05) is 6.20 Å². The van der Waals surface area contributed by atoms with E-state index >= 15 is 0 Å². The number of carbonyl (C=O) groups excluding carboxylic acids is 1. The second kappa shape index (κ2) is 4.87. The molecular weight excluding hydrogens is 270 g/mol. The lowest BCUT2D eigenvalue weighted by Gasteiger charge is -2.16. The highest BCUT2D eigenvalue weighted by atomic mass is 16.2. The van der Waals surface area contributed by atoms with E-state index in [0.717, 1.165) is 17.1 Å². The average Bonchev–Trinajstić information content (AvgIpc) is 3.04. The molecule has 2 aromatic rings. The number of carbonyl (C=O) groups is 1. The van der Waals surface area contributed by atoms with Gasteiger partial charge in [-0.05, 0) is 10.4 Å². The smallest absolute Gasteiger partial charge is 0.245 e. The van der Waals surface area contributed by atoms with E-state index in [2.05, 4.69) is 46.3 Å². The van der Waals surface area contributed by atoms with Crippen LogP contribution in [0.5, 0.6) is 0 Å². The summed E-state index contributed by atoms with van der Waals surface area (Å²) >= 11 is 0. The maximum absolute atomic E-state index is 12.2. The zero-order valence-corrected chi connectivity index (χ0v) is 12.3. The van der Waals surface area contributed by atoms with Gasteiger partial charge in [0.1, 0.15) is 18.7 Å². The molecule has 0 aromatic carbocycles. The molecule has 110 valence electrons. The molecule has 0 radical (unpaired) electrons. The Balaban J connectivity index is 1.74. The Bertz CT molecular complexity index is 660. The molecule has 0 spiro atoms. The van der Waals surface area contributed by atoms with Crippen molar-refractivity contribution in [2.45, 2.75) is 45.8 Å². The minimum atomic E-state index is -0.0984. The zero-order valence-electron chi connectivity index (χ0n) is 12.3. The van der Waals surface area contributed by atoms with Crippen molar-refractivity contribution < 1.29 is 4.79 Å². The summed E-state index contributed by atoms with van der Waals surface area (Å²) < 4.78 is 1.41. The summed E-state index contributed by atoms with van der Waals surface area (Å²) in [5, 5.41) is 10.7. The summed E-state index contributed by atoms with van der Waals surface area (Å²) in [6.07, 6.45) is 3.26. The van der Waals surface area contributed by atoms with Gasteiger partial charge in [0.05, 0.1) is 12.2 Å². The fraction of sp³-hybridized carbons (Fsp3) is 0.538. The van der Waals surface area contributed by atoms with Gasteiger partial charge in [0, 0.05) is 23.7 Å². The van der Waals surface area contributed by atoms with Gasteiger partial charge in [-0.1, -0.05) is 20.8 Å². The molecule has 21 heavy (non-hydrogen) atoms. The lowest BCUT2D eigenvalue weighted by atomic mass is 9.95. The molecular formula is C13H17N7O. The van der Waals surface area contributed by atoms with Crippen molar-refractivity contribution in [2.75, 3.05) is 0 Å². The van der Waals surface area contributed by atoms with E-state index in [1.54, 1.807) is 4.90 Å². The van der Waals surface area contributed by atoms with Crippen molar-refractivity contribution in [3.63, 3.8) is 0 Å². The van der Waals surface area contributed by atoms with Gasteiger partial charge in [-0.2, -0.15) is 0 Å². The summed E-state index contributed by atoms with van der Waals surface area (Å²) in [7, 11) is 0. The van der Waals surface area contributed by atoms with E-state index in [1.165, 1.54) is 11.0 Å². The van der Waals surface area contributed by atoms with E-state index in [0.29, 0.717) is 13.1 Å². The number of nitrogens with zero attached hydrogens (tertiary/aromatic N) is 7. The van der Waals surface area contributed by atoms with Gasteiger partial charge in [-0.3, -0.25) is 4.79 Å². The Morgan fingerprint density at radius 2 is 2.14 bits per heavy atom. The third-order valence-corrected chi connectivity index (χ3v) is 3.37. The molecule has 2 aromatic heterocycles. The Morgan fingerprint density at radius 3 is 2.81 bits per heavy atom. The van der Waals surface area contributed by atoms with Crippen LogP contribution in [0.4, 0.5) is 0 Å².